The zero-order valence-corrected chi connectivity index (χ0v) is 56.0. The summed E-state index contributed by atoms with van der Waals surface area (Å²) in [5, 5.41) is 46.3. The third kappa shape index (κ3) is 31.3. The molecule has 0 radical (unpaired) electrons. The summed E-state index contributed by atoms with van der Waals surface area (Å²) in [5.41, 5.74) is 16.2. The molecule has 5 rings (SSSR count). The summed E-state index contributed by atoms with van der Waals surface area (Å²) < 4.78 is 21.6. The number of aromatic amines is 1. The van der Waals surface area contributed by atoms with Crippen LogP contribution in [0.15, 0.2) is 64.7 Å². The van der Waals surface area contributed by atoms with Crippen molar-refractivity contribution in [1.82, 2.24) is 47.5 Å². The van der Waals surface area contributed by atoms with Crippen molar-refractivity contribution < 1.29 is 86.7 Å². The summed E-state index contributed by atoms with van der Waals surface area (Å²) >= 11 is 2.71. The van der Waals surface area contributed by atoms with Gasteiger partial charge in [-0.25, -0.2) is 4.79 Å². The van der Waals surface area contributed by atoms with Crippen LogP contribution in [-0.2, 0) is 73.3 Å². The molecule has 532 valence electrons. The number of nitrogens with two attached hydrogens (primary N) is 1. The third-order valence-electron chi connectivity index (χ3n) is 15.8. The number of primary amides is 1. The maximum Gasteiger partial charge on any atom is 0.315 e. The van der Waals surface area contributed by atoms with Gasteiger partial charge in [0.25, 0.3) is 5.91 Å². The topological polar surface area (TPSA) is 469 Å². The fourth-order valence-electron chi connectivity index (χ4n) is 10.7. The molecule has 2 aliphatic heterocycles. The molecule has 13 N–H and O–H groups in total. The van der Waals surface area contributed by atoms with Crippen LogP contribution in [0.4, 0.5) is 4.79 Å². The van der Waals surface area contributed by atoms with E-state index in [0.29, 0.717) is 67.2 Å². The molecule has 9 amide bonds. The first-order chi connectivity index (χ1) is 46.8. The minimum absolute atomic E-state index is 0.0121. The van der Waals surface area contributed by atoms with Crippen molar-refractivity contribution in [1.29, 1.82) is 0 Å². The molecule has 0 spiro atoms. The Morgan fingerprint density at radius 1 is 0.680 bits per heavy atom. The lowest BCUT2D eigenvalue weighted by atomic mass is 9.86. The van der Waals surface area contributed by atoms with Crippen LogP contribution in [0.2, 0.25) is 0 Å². The highest BCUT2D eigenvalue weighted by molar-refractivity contribution is 8.13. The van der Waals surface area contributed by atoms with Crippen LogP contribution in [0.5, 0.6) is 0 Å². The first kappa shape index (κ1) is 79.5. The molecule has 3 aromatic rings. The van der Waals surface area contributed by atoms with E-state index in [-0.39, 0.29) is 127 Å². The largest absolute Gasteiger partial charge is 0.481 e. The first-order valence-corrected chi connectivity index (χ1v) is 34.4. The Balaban J connectivity index is 0.903. The number of urea groups is 1. The molecular weight excluding hydrogens is 1300 g/mol. The van der Waals surface area contributed by atoms with Crippen LogP contribution < -0.4 is 48.3 Å². The number of amides is 9. The lowest BCUT2D eigenvalue weighted by Gasteiger charge is -2.22. The Hall–Kier alpha value is -8.17. The van der Waals surface area contributed by atoms with Gasteiger partial charge < -0.3 is 82.4 Å². The van der Waals surface area contributed by atoms with Gasteiger partial charge in [0.2, 0.25) is 35.4 Å². The van der Waals surface area contributed by atoms with Crippen LogP contribution >= 0.6 is 23.5 Å². The van der Waals surface area contributed by atoms with Crippen LogP contribution in [0.3, 0.4) is 0 Å². The van der Waals surface area contributed by atoms with E-state index in [9.17, 15) is 67.7 Å². The van der Waals surface area contributed by atoms with E-state index in [4.69, 9.17) is 30.2 Å². The highest BCUT2D eigenvalue weighted by atomic mass is 32.2. The van der Waals surface area contributed by atoms with Gasteiger partial charge >= 0.3 is 12.0 Å². The number of carboxylic acid groups (broad SMARTS) is 1. The van der Waals surface area contributed by atoms with Crippen molar-refractivity contribution in [2.24, 2.45) is 22.7 Å². The number of azide groups is 1. The highest BCUT2D eigenvalue weighted by Crippen LogP contribution is 2.33. The van der Waals surface area contributed by atoms with E-state index in [2.05, 4.69) is 57.5 Å². The molecule has 0 bridgehead atoms. The second-order valence-corrected chi connectivity index (χ2v) is 25.6. The van der Waals surface area contributed by atoms with Crippen LogP contribution in [0, 0.1) is 11.8 Å². The van der Waals surface area contributed by atoms with Gasteiger partial charge in [0, 0.05) is 101 Å². The van der Waals surface area contributed by atoms with Gasteiger partial charge in [0.05, 0.1) is 83.3 Å². The predicted molar refractivity (Wildman–Crippen MR) is 357 cm³/mol. The van der Waals surface area contributed by atoms with Crippen molar-refractivity contribution in [2.75, 3.05) is 97.9 Å². The Bertz CT molecular complexity index is 3130. The average Bonchev–Trinajstić information content (AvgIpc) is 1.68. The molecule has 0 saturated carbocycles. The number of aliphatic hydroxyl groups is 1. The minimum atomic E-state index is -1.40. The van der Waals surface area contributed by atoms with Crippen LogP contribution in [0.1, 0.15) is 112 Å². The molecule has 3 heterocycles. The smallest absolute Gasteiger partial charge is 0.315 e. The molecule has 2 fully saturated rings. The monoisotopic (exact) mass is 1390 g/mol. The number of H-pyrrole nitrogens is 1. The zero-order valence-electron chi connectivity index (χ0n) is 54.3. The summed E-state index contributed by atoms with van der Waals surface area (Å²) in [6.45, 7) is -0.657. The van der Waals surface area contributed by atoms with Crippen molar-refractivity contribution in [3.63, 3.8) is 0 Å². The number of nitrogens with zero attached hydrogens (tertiary/aromatic N) is 3. The number of para-hydroxylation sites is 1. The number of carbonyl (C=O) groups is 12. The number of unbranched alkanes of at least 4 members (excludes halogenated alkanes) is 3. The van der Waals surface area contributed by atoms with Gasteiger partial charge in [0.15, 0.2) is 10.9 Å². The van der Waals surface area contributed by atoms with Gasteiger partial charge in [-0.05, 0) is 106 Å². The molecule has 33 heteroatoms. The number of hydrogen-bond donors (Lipinski definition) is 12. The fourth-order valence-corrected chi connectivity index (χ4v) is 12.9. The molecule has 2 aromatic carbocycles. The normalized spacial score (nSPS) is 15.8. The number of thioether (sulfide) groups is 2. The summed E-state index contributed by atoms with van der Waals surface area (Å²) in [4.78, 5) is 158. The van der Waals surface area contributed by atoms with Crippen LogP contribution in [0.25, 0.3) is 21.3 Å². The first-order valence-electron chi connectivity index (χ1n) is 32.6. The standard InChI is InChI=1S/C64H91N13O18S2/c65-61(88)49(14-6-7-22-67-54(81)16-4-3-15-53-60-50(40-96-53)75-64(91)76-60)74-57(84)39-95-31-29-92-26-24-68-56(83)38-94-30-28-93-27-25-70-63(90)44(37-78)33-51(79)43(34-58(85)86)32-52(80)48(73-55(82)17-9-10-42-35-71-47-12-2-1-11-46(42)47)13-5-8-23-69-62(89)41-18-20-45(21-19-41)97-59(87)36-72-77-66/h1-2,11-12,18-21,35,43-44,48-50,53,60,71,78H,3-10,13-17,22-34,36-40H2,(H2,65,88)(H,67,81)(H,68,83)(H,69,89)(H,70,90)(H,73,82)(H,74,84)(H,85,86)(H2,75,76,91)/t43?,44?,48?,49?,50-,53-,60-/m0/s1. The molecule has 7 atom stereocenters. The Labute approximate surface area is 570 Å². The number of aliphatic carboxylic acids is 1. The summed E-state index contributed by atoms with van der Waals surface area (Å²) in [5.74, 6) is -7.82. The van der Waals surface area contributed by atoms with E-state index in [0.717, 1.165) is 53.2 Å². The average molecular weight is 1390 g/mol. The Morgan fingerprint density at radius 2 is 1.32 bits per heavy atom. The van der Waals surface area contributed by atoms with E-state index in [1.807, 2.05) is 42.2 Å². The number of ether oxygens (including phenoxy) is 4. The number of aromatic nitrogens is 1. The van der Waals surface area contributed by atoms with Crippen LogP contribution in [-0.4, -0.2) is 213 Å². The minimum Gasteiger partial charge on any atom is -0.481 e. The summed E-state index contributed by atoms with van der Waals surface area (Å²) in [7, 11) is 0. The van der Waals surface area contributed by atoms with Crippen molar-refractivity contribution in [2.45, 2.75) is 137 Å². The van der Waals surface area contributed by atoms with E-state index >= 15 is 0 Å². The number of aryl methyl sites for hydroxylation is 1. The fraction of sp³-hybridized carbons (Fsp3) is 0.594. The second-order valence-electron chi connectivity index (χ2n) is 23.2. The molecule has 0 aliphatic carbocycles. The molecule has 2 saturated heterocycles. The number of carbonyl (C=O) groups excluding carboxylic acids is 11. The molecular formula is C64H91N13O18S2. The van der Waals surface area contributed by atoms with E-state index in [1.165, 1.54) is 12.1 Å². The van der Waals surface area contributed by atoms with Gasteiger partial charge in [-0.1, -0.05) is 41.5 Å². The summed E-state index contributed by atoms with van der Waals surface area (Å²) in [6.07, 6.45) is 6.15. The molecule has 1 aromatic heterocycles. The quantitative estimate of drug-likeness (QED) is 0.00964. The maximum atomic E-state index is 14.0. The van der Waals surface area contributed by atoms with Crippen molar-refractivity contribution in [3.05, 3.63) is 76.3 Å². The lowest BCUT2D eigenvalue weighted by molar-refractivity contribution is -0.142. The lowest BCUT2D eigenvalue weighted by Crippen LogP contribution is -2.45. The molecule has 4 unspecified atom stereocenters. The predicted octanol–water partition coefficient (Wildman–Crippen LogP) is 2.40. The molecule has 97 heavy (non-hydrogen) atoms. The van der Waals surface area contributed by atoms with E-state index < -0.39 is 103 Å². The number of aliphatic hydroxyl groups excluding tert-OH is 1. The van der Waals surface area contributed by atoms with Crippen molar-refractivity contribution in [3.8, 4) is 0 Å². The van der Waals surface area contributed by atoms with Gasteiger partial charge in [0.1, 0.15) is 25.0 Å². The Kier molecular flexibility index (Phi) is 37.2. The SMILES string of the molecule is [N-]=[N+]=NCC(=O)Sc1ccc(C(=O)NCCCCC(NC(=O)CCCc2c[nH]c3ccccc23)C(=O)CC(CC(=O)O)C(=O)CC(CO)C(=O)NCCOCCOCC(=O)NCCOCCOCC(=O)NC(CCCCNC(=O)CCCC[C@@H]2SC[C@@H]3NC(=O)N[C@@H]32)C(N)=O)cc1. The third-order valence-corrected chi connectivity index (χ3v) is 18.1. The van der Waals surface area contributed by atoms with Gasteiger partial charge in [-0.15, -0.1) is 0 Å². The summed E-state index contributed by atoms with van der Waals surface area (Å²) in [6, 6.07) is 12.1. The Morgan fingerprint density at radius 3 is 2.02 bits per heavy atom. The van der Waals surface area contributed by atoms with Gasteiger partial charge in [-0.2, -0.15) is 11.8 Å². The second kappa shape index (κ2) is 45.4. The number of carboxylic acids is 1. The molecule has 31 nitrogen and oxygen atoms in total. The number of hydrogen-bond acceptors (Lipinski definition) is 20. The van der Waals surface area contributed by atoms with Gasteiger partial charge in [-0.3, -0.25) is 52.7 Å². The van der Waals surface area contributed by atoms with E-state index in [1.54, 1.807) is 12.1 Å². The molecule has 2 aliphatic rings. The number of nitrogens with one attached hydrogen (secondary N) is 9. The highest BCUT2D eigenvalue weighted by Gasteiger charge is 2.42. The number of rotatable bonds is 52. The number of benzene rings is 2. The van der Waals surface area contributed by atoms with Crippen molar-refractivity contribution >= 4 is 104 Å². The maximum absolute atomic E-state index is 14.0. The number of Topliss-reactive ketones (excluding diaryl/α,β-unsaturated/α-hetero) is 2. The number of ketones is 2. The zero-order chi connectivity index (χ0) is 70.2. The number of fused-ring (bicyclic) bond motifs is 2.